The van der Waals surface area contributed by atoms with Crippen molar-refractivity contribution in [1.82, 2.24) is 15.2 Å². The van der Waals surface area contributed by atoms with Crippen LogP contribution in [0.15, 0.2) is 24.3 Å². The zero-order chi connectivity index (χ0) is 14.5. The Morgan fingerprint density at radius 1 is 1.40 bits per heavy atom. The van der Waals surface area contributed by atoms with E-state index in [2.05, 4.69) is 20.5 Å². The fraction of sp³-hybridized carbons (Fsp3) is 0.167. The van der Waals surface area contributed by atoms with Gasteiger partial charge < -0.3 is 9.84 Å². The average Bonchev–Trinajstić information content (AvgIpc) is 2.86. The Bertz CT molecular complexity index is 638. The van der Waals surface area contributed by atoms with Crippen molar-refractivity contribution in [1.29, 1.82) is 0 Å². The lowest BCUT2D eigenvalue weighted by Crippen LogP contribution is -2.17. The topological polar surface area (TPSA) is 117 Å². The van der Waals surface area contributed by atoms with Crippen LogP contribution in [0.25, 0.3) is 0 Å². The molecule has 0 aliphatic rings. The predicted molar refractivity (Wildman–Crippen MR) is 68.7 cm³/mol. The number of carbonyl (C=O) groups is 2. The van der Waals surface area contributed by atoms with Crippen molar-refractivity contribution >= 4 is 17.8 Å². The Morgan fingerprint density at radius 2 is 2.15 bits per heavy atom. The molecule has 1 aromatic carbocycles. The van der Waals surface area contributed by atoms with Gasteiger partial charge in [-0.05, 0) is 11.6 Å². The summed E-state index contributed by atoms with van der Waals surface area (Å²) in [6, 6.07) is 6.41. The summed E-state index contributed by atoms with van der Waals surface area (Å²) in [7, 11) is 1.40. The number of aromatic carboxylic acids is 1. The van der Waals surface area contributed by atoms with Gasteiger partial charge in [0.2, 0.25) is 11.9 Å². The van der Waals surface area contributed by atoms with E-state index in [1.165, 1.54) is 13.2 Å². The lowest BCUT2D eigenvalue weighted by atomic mass is 10.0. The van der Waals surface area contributed by atoms with Gasteiger partial charge in [-0.3, -0.25) is 10.1 Å². The maximum atomic E-state index is 11.8. The lowest BCUT2D eigenvalue weighted by Gasteiger charge is -2.05. The van der Waals surface area contributed by atoms with Crippen LogP contribution in [0, 0.1) is 0 Å². The molecule has 1 heterocycles. The zero-order valence-electron chi connectivity index (χ0n) is 10.6. The molecule has 0 spiro atoms. The molecule has 0 saturated heterocycles. The van der Waals surface area contributed by atoms with Crippen LogP contribution < -0.4 is 10.1 Å². The molecule has 0 atom stereocenters. The molecule has 8 nitrogen and oxygen atoms in total. The Kier molecular flexibility index (Phi) is 3.94. The molecule has 0 radical (unpaired) electrons. The number of carboxylic acid groups (broad SMARTS) is 1. The lowest BCUT2D eigenvalue weighted by molar-refractivity contribution is -0.115. The first kappa shape index (κ1) is 13.5. The van der Waals surface area contributed by atoms with E-state index in [1.54, 1.807) is 18.2 Å². The summed E-state index contributed by atoms with van der Waals surface area (Å²) in [5.74, 6) is -1.34. The van der Waals surface area contributed by atoms with E-state index in [1.807, 2.05) is 0 Å². The number of nitrogens with zero attached hydrogens (tertiary/aromatic N) is 2. The number of methoxy groups -OCH3 is 1. The van der Waals surface area contributed by atoms with Gasteiger partial charge in [-0.1, -0.05) is 18.2 Å². The fourth-order valence-electron chi connectivity index (χ4n) is 1.63. The second-order valence-electron chi connectivity index (χ2n) is 3.86. The summed E-state index contributed by atoms with van der Waals surface area (Å²) < 4.78 is 4.76. The Hall–Kier alpha value is -2.90. The summed E-state index contributed by atoms with van der Waals surface area (Å²) >= 11 is 0. The van der Waals surface area contributed by atoms with Gasteiger partial charge in [-0.15, -0.1) is 5.10 Å². The molecule has 1 aromatic heterocycles. The number of carbonyl (C=O) groups excluding carboxylic acids is 1. The van der Waals surface area contributed by atoms with Crippen molar-refractivity contribution < 1.29 is 19.4 Å². The minimum atomic E-state index is -1.07. The van der Waals surface area contributed by atoms with Crippen LogP contribution in [-0.4, -0.2) is 39.3 Å². The van der Waals surface area contributed by atoms with Crippen molar-refractivity contribution in [2.45, 2.75) is 6.42 Å². The first-order valence-electron chi connectivity index (χ1n) is 5.67. The van der Waals surface area contributed by atoms with E-state index in [-0.39, 0.29) is 23.9 Å². The second kappa shape index (κ2) is 5.83. The van der Waals surface area contributed by atoms with Gasteiger partial charge in [-0.2, -0.15) is 4.98 Å². The van der Waals surface area contributed by atoms with Crippen LogP contribution in [0.4, 0.5) is 5.95 Å². The van der Waals surface area contributed by atoms with Crippen LogP contribution in [0.5, 0.6) is 6.01 Å². The highest BCUT2D eigenvalue weighted by Gasteiger charge is 2.13. The highest BCUT2D eigenvalue weighted by Crippen LogP contribution is 2.11. The van der Waals surface area contributed by atoms with Crippen molar-refractivity contribution in [3.63, 3.8) is 0 Å². The van der Waals surface area contributed by atoms with Crippen LogP contribution >= 0.6 is 0 Å². The summed E-state index contributed by atoms with van der Waals surface area (Å²) in [6.07, 6.45) is -0.0779. The summed E-state index contributed by atoms with van der Waals surface area (Å²) in [5, 5.41) is 17.6. The van der Waals surface area contributed by atoms with Crippen LogP contribution in [-0.2, 0) is 11.2 Å². The number of hydrogen-bond acceptors (Lipinski definition) is 5. The number of benzene rings is 1. The number of anilines is 1. The minimum Gasteiger partial charge on any atom is -0.478 e. The molecule has 3 N–H and O–H groups in total. The van der Waals surface area contributed by atoms with E-state index < -0.39 is 11.9 Å². The number of ether oxygens (including phenoxy) is 1. The van der Waals surface area contributed by atoms with E-state index in [0.717, 1.165) is 0 Å². The van der Waals surface area contributed by atoms with Crippen LogP contribution in [0.3, 0.4) is 0 Å². The van der Waals surface area contributed by atoms with Gasteiger partial charge in [0.25, 0.3) is 0 Å². The second-order valence-corrected chi connectivity index (χ2v) is 3.86. The molecule has 0 bridgehead atoms. The third-order valence-electron chi connectivity index (χ3n) is 2.50. The Morgan fingerprint density at radius 3 is 2.80 bits per heavy atom. The van der Waals surface area contributed by atoms with Gasteiger partial charge in [0, 0.05) is 0 Å². The van der Waals surface area contributed by atoms with Gasteiger partial charge in [0.15, 0.2) is 0 Å². The molecule has 0 fully saturated rings. The van der Waals surface area contributed by atoms with E-state index in [4.69, 9.17) is 9.84 Å². The molecule has 0 aliphatic carbocycles. The zero-order valence-corrected chi connectivity index (χ0v) is 10.6. The average molecular weight is 276 g/mol. The third kappa shape index (κ3) is 3.10. The van der Waals surface area contributed by atoms with Gasteiger partial charge in [0.05, 0.1) is 19.1 Å². The van der Waals surface area contributed by atoms with E-state index in [9.17, 15) is 9.59 Å². The number of rotatable bonds is 5. The van der Waals surface area contributed by atoms with Crippen molar-refractivity contribution in [2.75, 3.05) is 12.4 Å². The monoisotopic (exact) mass is 276 g/mol. The van der Waals surface area contributed by atoms with Gasteiger partial charge >= 0.3 is 12.0 Å². The van der Waals surface area contributed by atoms with E-state index >= 15 is 0 Å². The molecular formula is C12H12N4O4. The maximum absolute atomic E-state index is 11.8. The van der Waals surface area contributed by atoms with Gasteiger partial charge in [-0.25, -0.2) is 9.89 Å². The Labute approximate surface area is 113 Å². The SMILES string of the molecule is COc1n[nH]c(NC(=O)Cc2ccccc2C(=O)O)n1. The van der Waals surface area contributed by atoms with Crippen LogP contribution in [0.1, 0.15) is 15.9 Å². The number of aromatic nitrogens is 3. The number of hydrogen-bond donors (Lipinski definition) is 3. The predicted octanol–water partition coefficient (Wildman–Crippen LogP) is 0.693. The highest BCUT2D eigenvalue weighted by molar-refractivity contribution is 5.95. The molecule has 2 rings (SSSR count). The van der Waals surface area contributed by atoms with Crippen LogP contribution in [0.2, 0.25) is 0 Å². The largest absolute Gasteiger partial charge is 0.478 e. The fourth-order valence-corrected chi connectivity index (χ4v) is 1.63. The van der Waals surface area contributed by atoms with Crippen molar-refractivity contribution in [3.05, 3.63) is 35.4 Å². The number of aromatic amines is 1. The number of nitrogens with one attached hydrogen (secondary N) is 2. The Balaban J connectivity index is 2.06. The molecule has 20 heavy (non-hydrogen) atoms. The third-order valence-corrected chi connectivity index (χ3v) is 2.50. The molecular weight excluding hydrogens is 264 g/mol. The molecule has 104 valence electrons. The highest BCUT2D eigenvalue weighted by atomic mass is 16.5. The van der Waals surface area contributed by atoms with Gasteiger partial charge in [0.1, 0.15) is 0 Å². The van der Waals surface area contributed by atoms with E-state index in [0.29, 0.717) is 5.56 Å². The summed E-state index contributed by atoms with van der Waals surface area (Å²) in [6.45, 7) is 0. The quantitative estimate of drug-likeness (QED) is 0.739. The maximum Gasteiger partial charge on any atom is 0.336 e. The summed E-state index contributed by atoms with van der Waals surface area (Å²) in [4.78, 5) is 26.7. The molecule has 0 aliphatic heterocycles. The summed E-state index contributed by atoms with van der Waals surface area (Å²) in [5.41, 5.74) is 0.516. The number of carboxylic acids is 1. The normalized spacial score (nSPS) is 10.1. The molecule has 0 unspecified atom stereocenters. The van der Waals surface area contributed by atoms with Crippen molar-refractivity contribution in [2.24, 2.45) is 0 Å². The smallest absolute Gasteiger partial charge is 0.336 e. The molecule has 8 heteroatoms. The molecule has 2 aromatic rings. The van der Waals surface area contributed by atoms with Crippen molar-refractivity contribution in [3.8, 4) is 6.01 Å². The first-order chi connectivity index (χ1) is 9.60. The molecule has 1 amide bonds. The standard InChI is InChI=1S/C12H12N4O4/c1-20-12-14-11(15-16-12)13-9(17)6-7-4-2-3-5-8(7)10(18)19/h2-5H,6H2,1H3,(H,18,19)(H2,13,14,15,16,17). The molecule has 0 saturated carbocycles. The number of H-pyrrole nitrogens is 1. The minimum absolute atomic E-state index is 0.0779. The number of amides is 1. The first-order valence-corrected chi connectivity index (χ1v) is 5.67.